The van der Waals surface area contributed by atoms with Gasteiger partial charge >= 0.3 is 12.2 Å². The van der Waals surface area contributed by atoms with Gasteiger partial charge in [0, 0.05) is 24.7 Å². The number of nitrogens with zero attached hydrogens (tertiary/aromatic N) is 5. The Morgan fingerprint density at radius 3 is 2.66 bits per heavy atom. The number of likely N-dealkylation sites (tertiary alicyclic amines) is 1. The summed E-state index contributed by atoms with van der Waals surface area (Å²) in [5, 5.41) is 8.92. The third-order valence-electron chi connectivity index (χ3n) is 6.29. The number of carboxylic acid groups (broad SMARTS) is 1. The number of carbonyl (C=O) groups excluding carboxylic acids is 1. The summed E-state index contributed by atoms with van der Waals surface area (Å²) in [7, 11) is 0. The summed E-state index contributed by atoms with van der Waals surface area (Å²) in [6, 6.07) is 7.16. The maximum atomic E-state index is 12.7. The van der Waals surface area contributed by atoms with Crippen LogP contribution in [0.5, 0.6) is 23.4 Å². The minimum absolute atomic E-state index is 0.0362. The van der Waals surface area contributed by atoms with E-state index >= 15 is 0 Å². The molecule has 5 rings (SSSR count). The Morgan fingerprint density at radius 1 is 1.15 bits per heavy atom. The predicted molar refractivity (Wildman–Crippen MR) is 144 cm³/mol. The first-order valence-corrected chi connectivity index (χ1v) is 13.1. The third-order valence-corrected chi connectivity index (χ3v) is 6.29. The Morgan fingerprint density at radius 2 is 1.95 bits per heavy atom. The quantitative estimate of drug-likeness (QED) is 0.260. The lowest BCUT2D eigenvalue weighted by Crippen LogP contribution is -2.40. The number of amides is 1. The molecular formula is C28H29N5O8. The first-order valence-electron chi connectivity index (χ1n) is 13.1. The van der Waals surface area contributed by atoms with E-state index in [1.807, 2.05) is 32.9 Å². The number of hydrogen-bond donors (Lipinski definition) is 1. The molecule has 1 aromatic carbocycles. The Balaban J connectivity index is 1.37. The lowest BCUT2D eigenvalue weighted by molar-refractivity contribution is -0.141. The largest absolute Gasteiger partial charge is 0.507 e. The highest BCUT2D eigenvalue weighted by molar-refractivity contribution is 5.79. The lowest BCUT2D eigenvalue weighted by atomic mass is 10.1. The molecule has 0 aliphatic carbocycles. The second kappa shape index (κ2) is 12.1. The fourth-order valence-electron chi connectivity index (χ4n) is 4.54. The molecular weight excluding hydrogens is 534 g/mol. The number of rotatable bonds is 10. The Labute approximate surface area is 235 Å². The molecule has 1 aliphatic heterocycles. The average molecular weight is 564 g/mol. The molecule has 41 heavy (non-hydrogen) atoms. The minimum atomic E-state index is -1.41. The van der Waals surface area contributed by atoms with Crippen LogP contribution < -0.4 is 14.2 Å². The first kappa shape index (κ1) is 27.6. The highest BCUT2D eigenvalue weighted by Crippen LogP contribution is 2.34. The summed E-state index contributed by atoms with van der Waals surface area (Å²) in [4.78, 5) is 42.4. The standard InChI is InChI=1S/C28H29N5O8/c1-4-11-37-25-22-26(32-27(31-25)39-19-7-5-9-29-14-19)41-24(30-22)18-12-16(2)23(17(3)13-18)38-15-20(34)33-10-6-8-21(33)40-28(35)36/h5,7,9,12-14,21H,4,6,8,10-11,15H2,1-3H3,(H,35,36)/t21-/m0/s1. The van der Waals surface area contributed by atoms with E-state index in [-0.39, 0.29) is 30.1 Å². The van der Waals surface area contributed by atoms with Crippen LogP contribution in [0.4, 0.5) is 4.79 Å². The molecule has 1 amide bonds. The van der Waals surface area contributed by atoms with E-state index in [1.165, 1.54) is 4.90 Å². The number of aromatic nitrogens is 4. The van der Waals surface area contributed by atoms with Gasteiger partial charge in [-0.1, -0.05) is 6.92 Å². The number of pyridine rings is 1. The van der Waals surface area contributed by atoms with Gasteiger partial charge in [0.1, 0.15) is 11.5 Å². The summed E-state index contributed by atoms with van der Waals surface area (Å²) in [6.07, 6.45) is 2.86. The van der Waals surface area contributed by atoms with Crippen LogP contribution in [0.2, 0.25) is 0 Å². The summed E-state index contributed by atoms with van der Waals surface area (Å²) < 4.78 is 28.3. The van der Waals surface area contributed by atoms with Crippen molar-refractivity contribution in [3.63, 3.8) is 0 Å². The normalized spacial score (nSPS) is 14.7. The van der Waals surface area contributed by atoms with Gasteiger partial charge in [0.25, 0.3) is 17.5 Å². The maximum Gasteiger partial charge on any atom is 0.507 e. The van der Waals surface area contributed by atoms with E-state index in [2.05, 4.69) is 19.9 Å². The Kier molecular flexibility index (Phi) is 8.13. The zero-order valence-electron chi connectivity index (χ0n) is 22.8. The fraction of sp³-hybridized carbons (Fsp3) is 0.357. The molecule has 1 aliphatic rings. The zero-order valence-corrected chi connectivity index (χ0v) is 22.8. The van der Waals surface area contributed by atoms with Crippen molar-refractivity contribution in [3.05, 3.63) is 47.8 Å². The zero-order chi connectivity index (χ0) is 28.9. The predicted octanol–water partition coefficient (Wildman–Crippen LogP) is 4.90. The van der Waals surface area contributed by atoms with Crippen LogP contribution in [0, 0.1) is 13.8 Å². The van der Waals surface area contributed by atoms with E-state index in [1.54, 1.807) is 24.5 Å². The van der Waals surface area contributed by atoms with Crippen molar-refractivity contribution in [2.75, 3.05) is 19.8 Å². The number of aryl methyl sites for hydroxylation is 2. The molecule has 1 N–H and O–H groups in total. The van der Waals surface area contributed by atoms with Crippen molar-refractivity contribution in [1.82, 2.24) is 24.8 Å². The van der Waals surface area contributed by atoms with Crippen LogP contribution in [0.25, 0.3) is 22.7 Å². The first-order chi connectivity index (χ1) is 19.8. The number of oxazole rings is 1. The highest BCUT2D eigenvalue weighted by atomic mass is 16.7. The van der Waals surface area contributed by atoms with Crippen LogP contribution in [-0.2, 0) is 9.53 Å². The van der Waals surface area contributed by atoms with Gasteiger partial charge in [0.15, 0.2) is 18.4 Å². The molecule has 214 valence electrons. The molecule has 4 heterocycles. The summed E-state index contributed by atoms with van der Waals surface area (Å²) >= 11 is 0. The Bertz CT molecular complexity index is 1540. The number of hydrogen-bond acceptors (Lipinski definition) is 11. The van der Waals surface area contributed by atoms with Crippen molar-refractivity contribution < 1.29 is 38.1 Å². The third kappa shape index (κ3) is 6.29. The molecule has 0 unspecified atom stereocenters. The van der Waals surface area contributed by atoms with E-state index < -0.39 is 12.4 Å². The molecule has 3 aromatic heterocycles. The molecule has 13 nitrogen and oxygen atoms in total. The summed E-state index contributed by atoms with van der Waals surface area (Å²) in [6.45, 7) is 6.26. The molecule has 1 fully saturated rings. The van der Waals surface area contributed by atoms with Crippen LogP contribution in [0.3, 0.4) is 0 Å². The lowest BCUT2D eigenvalue weighted by Gasteiger charge is -2.23. The molecule has 13 heteroatoms. The van der Waals surface area contributed by atoms with Gasteiger partial charge in [-0.15, -0.1) is 0 Å². The average Bonchev–Trinajstić information content (AvgIpc) is 3.58. The van der Waals surface area contributed by atoms with E-state index in [9.17, 15) is 9.59 Å². The highest BCUT2D eigenvalue weighted by Gasteiger charge is 2.32. The van der Waals surface area contributed by atoms with E-state index in [4.69, 9.17) is 28.5 Å². The number of carbonyl (C=O) groups is 2. The van der Waals surface area contributed by atoms with Crippen molar-refractivity contribution in [3.8, 4) is 34.8 Å². The number of benzene rings is 1. The smallest absolute Gasteiger partial charge is 0.483 e. The van der Waals surface area contributed by atoms with Gasteiger partial charge in [-0.05, 0) is 62.1 Å². The molecule has 1 saturated heterocycles. The number of ether oxygens (including phenoxy) is 4. The minimum Gasteiger partial charge on any atom is -0.483 e. The van der Waals surface area contributed by atoms with E-state index in [0.717, 1.165) is 17.5 Å². The topological polar surface area (TPSA) is 159 Å². The molecule has 0 saturated carbocycles. The van der Waals surface area contributed by atoms with Gasteiger partial charge < -0.3 is 33.4 Å². The van der Waals surface area contributed by atoms with Gasteiger partial charge in [-0.2, -0.15) is 9.97 Å². The van der Waals surface area contributed by atoms with Gasteiger partial charge in [0.05, 0.1) is 12.8 Å². The van der Waals surface area contributed by atoms with Crippen molar-refractivity contribution in [1.29, 1.82) is 0 Å². The molecule has 0 spiro atoms. The van der Waals surface area contributed by atoms with Gasteiger partial charge in [-0.25, -0.2) is 9.78 Å². The van der Waals surface area contributed by atoms with Crippen molar-refractivity contribution in [2.24, 2.45) is 0 Å². The summed E-state index contributed by atoms with van der Waals surface area (Å²) in [5.74, 6) is 1.19. The van der Waals surface area contributed by atoms with Gasteiger partial charge in [0.2, 0.25) is 5.89 Å². The maximum absolute atomic E-state index is 12.7. The Hall–Kier alpha value is -4.94. The molecule has 4 aromatic rings. The van der Waals surface area contributed by atoms with Crippen LogP contribution >= 0.6 is 0 Å². The summed E-state index contributed by atoms with van der Waals surface area (Å²) in [5.41, 5.74) is 2.73. The SMILES string of the molecule is CCCOc1nc(Oc2cccnc2)nc2oc(-c3cc(C)c(OCC(=O)N4CCC[C@@H]4OC(=O)O)c(C)c3)nc12. The molecule has 1 atom stereocenters. The second-order valence-electron chi connectivity index (χ2n) is 9.42. The van der Waals surface area contributed by atoms with Crippen LogP contribution in [-0.4, -0.2) is 68.0 Å². The van der Waals surface area contributed by atoms with Gasteiger partial charge in [-0.3, -0.25) is 9.78 Å². The monoisotopic (exact) mass is 563 g/mol. The van der Waals surface area contributed by atoms with Crippen LogP contribution in [0.1, 0.15) is 37.3 Å². The van der Waals surface area contributed by atoms with Crippen molar-refractivity contribution in [2.45, 2.75) is 46.3 Å². The van der Waals surface area contributed by atoms with E-state index in [0.29, 0.717) is 54.5 Å². The van der Waals surface area contributed by atoms with Crippen molar-refractivity contribution >= 4 is 23.3 Å². The molecule has 0 radical (unpaired) electrons. The number of fused-ring (bicyclic) bond motifs is 1. The fourth-order valence-corrected chi connectivity index (χ4v) is 4.54. The second-order valence-corrected chi connectivity index (χ2v) is 9.42. The molecule has 0 bridgehead atoms. The van der Waals surface area contributed by atoms with Crippen LogP contribution in [0.15, 0.2) is 41.1 Å².